The monoisotopic (exact) mass is 289 g/mol. The Bertz CT molecular complexity index is 811. The van der Waals surface area contributed by atoms with Crippen molar-refractivity contribution in [1.82, 2.24) is 19.6 Å². The first-order valence-corrected chi connectivity index (χ1v) is 7.24. The van der Waals surface area contributed by atoms with Crippen LogP contribution in [0.15, 0.2) is 53.9 Å². The molecule has 2 heterocycles. The minimum Gasteiger partial charge on any atom is -0.267 e. The summed E-state index contributed by atoms with van der Waals surface area (Å²) in [4.78, 5) is 7.90. The van der Waals surface area contributed by atoms with Gasteiger partial charge in [0.2, 0.25) is 0 Å². The second-order valence-corrected chi connectivity index (χ2v) is 5.93. The van der Waals surface area contributed by atoms with Gasteiger partial charge in [-0.05, 0) is 18.2 Å². The molecule has 2 aromatic heterocycles. The number of anilines is 1. The summed E-state index contributed by atoms with van der Waals surface area (Å²) >= 11 is 0. The van der Waals surface area contributed by atoms with Crippen molar-refractivity contribution in [1.29, 1.82) is 0 Å². The van der Waals surface area contributed by atoms with Gasteiger partial charge in [-0.3, -0.25) is 4.31 Å². The lowest BCUT2D eigenvalue weighted by atomic mass is 10.3. The number of nitrogens with zero attached hydrogens (tertiary/aromatic N) is 5. The number of hydrogen-bond donors (Lipinski definition) is 0. The molecule has 0 amide bonds. The van der Waals surface area contributed by atoms with Gasteiger partial charge in [0.15, 0.2) is 0 Å². The number of fused-ring (bicyclic) bond motifs is 1. The van der Waals surface area contributed by atoms with E-state index in [1.54, 1.807) is 36.5 Å². The van der Waals surface area contributed by atoms with E-state index in [1.807, 2.05) is 6.07 Å². The third kappa shape index (κ3) is 1.99. The van der Waals surface area contributed by atoms with Gasteiger partial charge in [-0.25, -0.2) is 9.50 Å². The Morgan fingerprint density at radius 2 is 1.90 bits per heavy atom. The van der Waals surface area contributed by atoms with Crippen molar-refractivity contribution in [3.63, 3.8) is 0 Å². The molecule has 0 saturated carbocycles. The first kappa shape index (κ1) is 12.5. The molecule has 3 rings (SSSR count). The Morgan fingerprint density at radius 3 is 2.60 bits per heavy atom. The summed E-state index contributed by atoms with van der Waals surface area (Å²) in [5, 5.41) is 3.67. The number of rotatable bonds is 3. The van der Waals surface area contributed by atoms with Gasteiger partial charge in [0, 0.05) is 19.4 Å². The second kappa shape index (κ2) is 4.57. The molecule has 0 aliphatic rings. The standard InChI is InChI=1S/C12H11N5O2S/c1-16(10-6-3-2-4-7-10)20(18,19)12-14-11-13-8-5-9-17(11)15-12/h2-9H,1H3. The molecule has 0 bridgehead atoms. The highest BCUT2D eigenvalue weighted by Gasteiger charge is 2.26. The molecule has 3 aromatic rings. The fourth-order valence-electron chi connectivity index (χ4n) is 1.72. The molecule has 0 aliphatic carbocycles. The lowest BCUT2D eigenvalue weighted by Gasteiger charge is -2.16. The molecular weight excluding hydrogens is 278 g/mol. The highest BCUT2D eigenvalue weighted by atomic mass is 32.2. The van der Waals surface area contributed by atoms with E-state index in [2.05, 4.69) is 15.1 Å². The first-order chi connectivity index (χ1) is 9.59. The maximum absolute atomic E-state index is 12.5. The van der Waals surface area contributed by atoms with Crippen LogP contribution in [0.5, 0.6) is 0 Å². The summed E-state index contributed by atoms with van der Waals surface area (Å²) in [6, 6.07) is 10.4. The zero-order valence-corrected chi connectivity index (χ0v) is 11.4. The van der Waals surface area contributed by atoms with Crippen LogP contribution in [-0.2, 0) is 10.0 Å². The summed E-state index contributed by atoms with van der Waals surface area (Å²) in [7, 11) is -2.34. The zero-order valence-electron chi connectivity index (χ0n) is 10.6. The van der Waals surface area contributed by atoms with Crippen LogP contribution in [0.2, 0.25) is 0 Å². The van der Waals surface area contributed by atoms with E-state index in [9.17, 15) is 8.42 Å². The van der Waals surface area contributed by atoms with Gasteiger partial charge < -0.3 is 0 Å². The van der Waals surface area contributed by atoms with Gasteiger partial charge in [0.25, 0.3) is 10.9 Å². The Hall–Kier alpha value is -2.48. The number of aromatic nitrogens is 4. The van der Waals surface area contributed by atoms with Crippen molar-refractivity contribution in [2.45, 2.75) is 5.16 Å². The molecule has 0 N–H and O–H groups in total. The molecule has 7 nitrogen and oxygen atoms in total. The van der Waals surface area contributed by atoms with Crippen molar-refractivity contribution >= 4 is 21.5 Å². The van der Waals surface area contributed by atoms with Crippen LogP contribution in [0.4, 0.5) is 5.69 Å². The molecule has 0 aliphatic heterocycles. The minimum atomic E-state index is -3.80. The van der Waals surface area contributed by atoms with E-state index in [4.69, 9.17) is 0 Å². The summed E-state index contributed by atoms with van der Waals surface area (Å²) in [5.41, 5.74) is 0.541. The van der Waals surface area contributed by atoms with Gasteiger partial charge in [-0.15, -0.1) is 5.10 Å². The highest BCUT2D eigenvalue weighted by molar-refractivity contribution is 7.92. The number of benzene rings is 1. The number of para-hydroxylation sites is 1. The van der Waals surface area contributed by atoms with E-state index in [0.29, 0.717) is 5.69 Å². The van der Waals surface area contributed by atoms with Gasteiger partial charge in [0.05, 0.1) is 5.69 Å². The van der Waals surface area contributed by atoms with Crippen molar-refractivity contribution in [2.75, 3.05) is 11.4 Å². The van der Waals surface area contributed by atoms with Crippen molar-refractivity contribution in [3.05, 3.63) is 48.8 Å². The van der Waals surface area contributed by atoms with E-state index < -0.39 is 10.0 Å². The molecule has 0 saturated heterocycles. The minimum absolute atomic E-state index is 0.243. The fraction of sp³-hybridized carbons (Fsp3) is 0.0833. The van der Waals surface area contributed by atoms with Crippen molar-refractivity contribution < 1.29 is 8.42 Å². The average Bonchev–Trinajstić information content (AvgIpc) is 2.92. The largest absolute Gasteiger partial charge is 0.301 e. The molecular formula is C12H11N5O2S. The maximum Gasteiger partial charge on any atom is 0.301 e. The Morgan fingerprint density at radius 1 is 1.15 bits per heavy atom. The van der Waals surface area contributed by atoms with E-state index >= 15 is 0 Å². The lowest BCUT2D eigenvalue weighted by Crippen LogP contribution is -2.27. The Labute approximate surface area is 115 Å². The van der Waals surface area contributed by atoms with Crippen molar-refractivity contribution in [3.8, 4) is 0 Å². The molecule has 1 aromatic carbocycles. The normalized spacial score (nSPS) is 11.7. The van der Waals surface area contributed by atoms with E-state index in [0.717, 1.165) is 4.31 Å². The topological polar surface area (TPSA) is 80.5 Å². The van der Waals surface area contributed by atoms with Crippen LogP contribution in [0.25, 0.3) is 5.78 Å². The van der Waals surface area contributed by atoms with Crippen LogP contribution in [-0.4, -0.2) is 35.0 Å². The SMILES string of the molecule is CN(c1ccccc1)S(=O)(=O)c1nc2ncccn2n1. The molecule has 102 valence electrons. The molecule has 0 spiro atoms. The fourth-order valence-corrected chi connectivity index (χ4v) is 2.75. The summed E-state index contributed by atoms with van der Waals surface area (Å²) in [6.07, 6.45) is 3.12. The Balaban J connectivity index is 2.07. The number of sulfonamides is 1. The molecule has 20 heavy (non-hydrogen) atoms. The first-order valence-electron chi connectivity index (χ1n) is 5.80. The van der Waals surface area contributed by atoms with Crippen LogP contribution in [0.3, 0.4) is 0 Å². The van der Waals surface area contributed by atoms with E-state index in [1.165, 1.54) is 17.8 Å². The third-order valence-corrected chi connectivity index (χ3v) is 4.37. The summed E-state index contributed by atoms with van der Waals surface area (Å²) in [6.45, 7) is 0. The highest BCUT2D eigenvalue weighted by Crippen LogP contribution is 2.19. The lowest BCUT2D eigenvalue weighted by molar-refractivity contribution is 0.585. The van der Waals surface area contributed by atoms with Crippen molar-refractivity contribution in [2.24, 2.45) is 0 Å². The smallest absolute Gasteiger partial charge is 0.267 e. The third-order valence-electron chi connectivity index (χ3n) is 2.81. The summed E-state index contributed by atoms with van der Waals surface area (Å²) < 4.78 is 27.4. The second-order valence-electron chi connectivity index (χ2n) is 4.07. The predicted molar refractivity (Wildman–Crippen MR) is 72.8 cm³/mol. The summed E-state index contributed by atoms with van der Waals surface area (Å²) in [5.74, 6) is 0.243. The van der Waals surface area contributed by atoms with Crippen LogP contribution in [0.1, 0.15) is 0 Å². The predicted octanol–water partition coefficient (Wildman–Crippen LogP) is 0.949. The maximum atomic E-state index is 12.5. The van der Waals surface area contributed by atoms with Gasteiger partial charge in [0.1, 0.15) is 0 Å². The van der Waals surface area contributed by atoms with Crippen LogP contribution in [0, 0.1) is 0 Å². The van der Waals surface area contributed by atoms with Crippen LogP contribution >= 0.6 is 0 Å². The molecule has 0 fully saturated rings. The number of hydrogen-bond acceptors (Lipinski definition) is 5. The quantitative estimate of drug-likeness (QED) is 0.717. The molecule has 0 atom stereocenters. The Kier molecular flexibility index (Phi) is 2.87. The van der Waals surface area contributed by atoms with E-state index in [-0.39, 0.29) is 10.9 Å². The molecule has 8 heteroatoms. The van der Waals surface area contributed by atoms with Gasteiger partial charge >= 0.3 is 10.0 Å². The molecule has 0 unspecified atom stereocenters. The van der Waals surface area contributed by atoms with Gasteiger partial charge in [-0.2, -0.15) is 13.4 Å². The van der Waals surface area contributed by atoms with Crippen LogP contribution < -0.4 is 4.31 Å². The van der Waals surface area contributed by atoms with Gasteiger partial charge in [-0.1, -0.05) is 18.2 Å². The zero-order chi connectivity index (χ0) is 14.2. The molecule has 0 radical (unpaired) electrons. The average molecular weight is 289 g/mol.